The van der Waals surface area contributed by atoms with Crippen LogP contribution in [0.4, 0.5) is 4.79 Å². The second-order valence-electron chi connectivity index (χ2n) is 4.95. The molecule has 16 heavy (non-hydrogen) atoms. The van der Waals surface area contributed by atoms with E-state index in [1.807, 2.05) is 20.8 Å². The lowest BCUT2D eigenvalue weighted by Crippen LogP contribution is -2.53. The fraction of sp³-hybridized carbons (Fsp3) is 0.900. The van der Waals surface area contributed by atoms with E-state index in [1.165, 1.54) is 4.90 Å². The molecule has 0 saturated carbocycles. The fourth-order valence-corrected chi connectivity index (χ4v) is 1.44. The number of hydrogen-bond acceptors (Lipinski definition) is 4. The lowest BCUT2D eigenvalue weighted by Gasteiger charge is -2.35. The Morgan fingerprint density at radius 3 is 2.50 bits per heavy atom. The van der Waals surface area contributed by atoms with Gasteiger partial charge in [0.25, 0.3) is 0 Å². The molecule has 0 aromatic carbocycles. The van der Waals surface area contributed by atoms with Gasteiger partial charge in [-0.25, -0.2) is 4.79 Å². The van der Waals surface area contributed by atoms with E-state index in [4.69, 9.17) is 10.5 Å². The summed E-state index contributed by atoms with van der Waals surface area (Å²) in [6, 6.07) is -0.233. The molecule has 6 heteroatoms. The maximum absolute atomic E-state index is 11.6. The van der Waals surface area contributed by atoms with Crippen LogP contribution in [0.1, 0.15) is 27.2 Å². The molecule has 0 spiro atoms. The Bertz CT molecular complexity index is 243. The van der Waals surface area contributed by atoms with Crippen molar-refractivity contribution < 1.29 is 14.6 Å². The third-order valence-electron chi connectivity index (χ3n) is 2.29. The summed E-state index contributed by atoms with van der Waals surface area (Å²) in [5.41, 5.74) is 5.14. The van der Waals surface area contributed by atoms with Gasteiger partial charge in [-0.1, -0.05) is 0 Å². The highest BCUT2D eigenvalue weighted by Gasteiger charge is 2.30. The molecule has 1 amide bonds. The van der Waals surface area contributed by atoms with E-state index >= 15 is 0 Å². The highest BCUT2D eigenvalue weighted by atomic mass is 35.5. The molecule has 1 fully saturated rings. The number of ether oxygens (including phenoxy) is 1. The zero-order chi connectivity index (χ0) is 11.6. The zero-order valence-corrected chi connectivity index (χ0v) is 10.8. The van der Waals surface area contributed by atoms with Gasteiger partial charge in [-0.3, -0.25) is 0 Å². The van der Waals surface area contributed by atoms with E-state index in [0.29, 0.717) is 13.0 Å². The Kier molecular flexibility index (Phi) is 5.52. The molecule has 0 radical (unpaired) electrons. The summed E-state index contributed by atoms with van der Waals surface area (Å²) >= 11 is 0. The number of rotatable bonds is 0. The Labute approximate surface area is 102 Å². The average Bonchev–Trinajstić information content (AvgIpc) is 2.06. The molecule has 0 unspecified atom stereocenters. The van der Waals surface area contributed by atoms with Crippen LogP contribution in [0.3, 0.4) is 0 Å². The lowest BCUT2D eigenvalue weighted by molar-refractivity contribution is -0.000608. The molecule has 2 atom stereocenters. The quantitative estimate of drug-likeness (QED) is 0.667. The fourth-order valence-electron chi connectivity index (χ4n) is 1.44. The van der Waals surface area contributed by atoms with E-state index in [-0.39, 0.29) is 31.1 Å². The molecular weight excluding hydrogens is 232 g/mol. The molecule has 96 valence electrons. The molecule has 3 N–H and O–H groups in total. The van der Waals surface area contributed by atoms with Crippen LogP contribution in [0.25, 0.3) is 0 Å². The van der Waals surface area contributed by atoms with Crippen LogP contribution in [0.2, 0.25) is 0 Å². The van der Waals surface area contributed by atoms with Gasteiger partial charge in [0.15, 0.2) is 0 Å². The van der Waals surface area contributed by atoms with Crippen LogP contribution in [0, 0.1) is 0 Å². The normalized spacial score (nSPS) is 25.9. The summed E-state index contributed by atoms with van der Waals surface area (Å²) in [5.74, 6) is 0. The Balaban J connectivity index is 0.00000225. The maximum Gasteiger partial charge on any atom is 0.410 e. The van der Waals surface area contributed by atoms with Crippen LogP contribution in [0.15, 0.2) is 0 Å². The molecule has 5 nitrogen and oxygen atoms in total. The van der Waals surface area contributed by atoms with Crippen molar-refractivity contribution in [2.75, 3.05) is 13.1 Å². The first-order valence-electron chi connectivity index (χ1n) is 5.21. The van der Waals surface area contributed by atoms with Gasteiger partial charge >= 0.3 is 6.09 Å². The lowest BCUT2D eigenvalue weighted by atomic mass is 10.0. The number of piperidine rings is 1. The van der Waals surface area contributed by atoms with E-state index in [9.17, 15) is 9.90 Å². The van der Waals surface area contributed by atoms with E-state index in [2.05, 4.69) is 0 Å². The zero-order valence-electron chi connectivity index (χ0n) is 9.97. The number of nitrogens with two attached hydrogens (primary N) is 1. The topological polar surface area (TPSA) is 75.8 Å². The summed E-state index contributed by atoms with van der Waals surface area (Å²) in [6.07, 6.45) is -0.417. The van der Waals surface area contributed by atoms with Crippen molar-refractivity contribution in [2.45, 2.75) is 44.9 Å². The predicted molar refractivity (Wildman–Crippen MR) is 63.7 cm³/mol. The number of nitrogens with zero attached hydrogens (tertiary/aromatic N) is 1. The number of aliphatic hydroxyl groups is 1. The molecule has 0 aromatic rings. The van der Waals surface area contributed by atoms with Crippen molar-refractivity contribution in [2.24, 2.45) is 5.73 Å². The number of carbonyl (C=O) groups is 1. The number of likely N-dealkylation sites (tertiary alicyclic amines) is 1. The van der Waals surface area contributed by atoms with Gasteiger partial charge in [-0.05, 0) is 27.2 Å². The van der Waals surface area contributed by atoms with Crippen molar-refractivity contribution in [1.82, 2.24) is 4.90 Å². The summed E-state index contributed by atoms with van der Waals surface area (Å²) in [7, 11) is 0. The van der Waals surface area contributed by atoms with Crippen molar-refractivity contribution in [3.8, 4) is 0 Å². The van der Waals surface area contributed by atoms with E-state index in [0.717, 1.165) is 0 Å². The molecule has 1 aliphatic heterocycles. The minimum atomic E-state index is -0.647. The number of β-amino-alcohol motifs (C(OH)–C–C–N with tert-alkyl or cyclic N) is 1. The summed E-state index contributed by atoms with van der Waals surface area (Å²) < 4.78 is 5.20. The number of halogens is 1. The molecule has 0 bridgehead atoms. The van der Waals surface area contributed by atoms with Crippen molar-refractivity contribution in [3.63, 3.8) is 0 Å². The molecule has 1 heterocycles. The van der Waals surface area contributed by atoms with Gasteiger partial charge in [0.05, 0.1) is 12.6 Å². The third kappa shape index (κ3) is 4.55. The van der Waals surface area contributed by atoms with Gasteiger partial charge in [0.2, 0.25) is 0 Å². The predicted octanol–water partition coefficient (Wildman–Crippen LogP) is 0.737. The second kappa shape index (κ2) is 5.70. The van der Waals surface area contributed by atoms with Crippen LogP contribution in [-0.4, -0.2) is 46.9 Å². The molecule has 1 aliphatic rings. The van der Waals surface area contributed by atoms with Crippen molar-refractivity contribution >= 4 is 18.5 Å². The number of aliphatic hydroxyl groups excluding tert-OH is 1. The van der Waals surface area contributed by atoms with Crippen LogP contribution in [0.5, 0.6) is 0 Å². The molecule has 0 aromatic heterocycles. The van der Waals surface area contributed by atoms with Crippen LogP contribution in [-0.2, 0) is 4.74 Å². The first-order chi connectivity index (χ1) is 6.79. The van der Waals surface area contributed by atoms with Crippen LogP contribution >= 0.6 is 12.4 Å². The molecule has 0 aliphatic carbocycles. The third-order valence-corrected chi connectivity index (χ3v) is 2.29. The first-order valence-corrected chi connectivity index (χ1v) is 5.21. The Hall–Kier alpha value is -0.520. The second-order valence-corrected chi connectivity index (χ2v) is 4.95. The number of carbonyl (C=O) groups excluding carboxylic acids is 1. The molecular formula is C10H21ClN2O3. The Morgan fingerprint density at radius 2 is 2.06 bits per heavy atom. The van der Waals surface area contributed by atoms with Crippen LogP contribution < -0.4 is 5.73 Å². The number of hydrogen-bond donors (Lipinski definition) is 2. The van der Waals surface area contributed by atoms with Crippen molar-refractivity contribution in [1.29, 1.82) is 0 Å². The highest BCUT2D eigenvalue weighted by molar-refractivity contribution is 5.85. The monoisotopic (exact) mass is 252 g/mol. The molecule has 1 rings (SSSR count). The molecule has 1 saturated heterocycles. The largest absolute Gasteiger partial charge is 0.444 e. The van der Waals surface area contributed by atoms with Crippen molar-refractivity contribution in [3.05, 3.63) is 0 Å². The summed E-state index contributed by atoms with van der Waals surface area (Å²) in [5, 5.41) is 9.52. The minimum absolute atomic E-state index is 0. The number of amides is 1. The Morgan fingerprint density at radius 1 is 1.50 bits per heavy atom. The van der Waals surface area contributed by atoms with E-state index in [1.54, 1.807) is 0 Å². The van der Waals surface area contributed by atoms with E-state index < -0.39 is 11.7 Å². The highest BCUT2D eigenvalue weighted by Crippen LogP contribution is 2.14. The smallest absolute Gasteiger partial charge is 0.410 e. The van der Waals surface area contributed by atoms with Gasteiger partial charge in [-0.15, -0.1) is 12.4 Å². The van der Waals surface area contributed by atoms with Gasteiger partial charge in [0, 0.05) is 12.6 Å². The standard InChI is InChI=1S/C10H20N2O3.ClH/c1-10(2,3)15-9(14)12-5-4-7(11)8(13)6-12;/h7-8,13H,4-6,11H2,1-3H3;1H/t7-,8-;/m1./s1. The van der Waals surface area contributed by atoms with Gasteiger partial charge in [-0.2, -0.15) is 0 Å². The van der Waals surface area contributed by atoms with Gasteiger partial charge < -0.3 is 20.5 Å². The van der Waals surface area contributed by atoms with Gasteiger partial charge in [0.1, 0.15) is 5.60 Å². The maximum atomic E-state index is 11.6. The summed E-state index contributed by atoms with van der Waals surface area (Å²) in [6.45, 7) is 6.26. The average molecular weight is 253 g/mol. The SMILES string of the molecule is CC(C)(C)OC(=O)N1CC[C@@H](N)[C@H](O)C1.Cl. The first kappa shape index (κ1) is 15.5. The minimum Gasteiger partial charge on any atom is -0.444 e. The summed E-state index contributed by atoms with van der Waals surface area (Å²) in [4.78, 5) is 13.1.